The zero-order chi connectivity index (χ0) is 19.2. The molecule has 1 atom stereocenters. The van der Waals surface area contributed by atoms with Gasteiger partial charge in [0.25, 0.3) is 0 Å². The fraction of sp³-hybridized carbons (Fsp3) is 0.529. The zero-order valence-corrected chi connectivity index (χ0v) is 14.9. The van der Waals surface area contributed by atoms with Crippen LogP contribution in [0.5, 0.6) is 0 Å². The molecule has 1 fully saturated rings. The average molecular weight is 380 g/mol. The molecule has 0 saturated carbocycles. The van der Waals surface area contributed by atoms with Crippen molar-refractivity contribution in [3.63, 3.8) is 0 Å². The molecule has 10 heteroatoms. The number of alkyl halides is 3. The number of piperidine rings is 1. The Morgan fingerprint density at radius 2 is 2.04 bits per heavy atom. The summed E-state index contributed by atoms with van der Waals surface area (Å²) >= 11 is 0. The van der Waals surface area contributed by atoms with Crippen molar-refractivity contribution in [2.45, 2.75) is 44.7 Å². The number of anilines is 1. The van der Waals surface area contributed by atoms with Crippen LogP contribution in [0.15, 0.2) is 22.9 Å². The highest BCUT2D eigenvalue weighted by Gasteiger charge is 2.33. The van der Waals surface area contributed by atoms with E-state index < -0.39 is 11.7 Å². The molecule has 3 aromatic rings. The summed E-state index contributed by atoms with van der Waals surface area (Å²) < 4.78 is 46.0. The number of hydrogen-bond acceptors (Lipinski definition) is 6. The highest BCUT2D eigenvalue weighted by molar-refractivity contribution is 5.41. The molecule has 1 unspecified atom stereocenters. The van der Waals surface area contributed by atoms with Crippen LogP contribution in [0.2, 0.25) is 0 Å². The molecule has 0 aliphatic carbocycles. The zero-order valence-electron chi connectivity index (χ0n) is 14.9. The first-order chi connectivity index (χ1) is 12.8. The van der Waals surface area contributed by atoms with Gasteiger partial charge >= 0.3 is 12.2 Å². The van der Waals surface area contributed by atoms with Crippen LogP contribution in [0.25, 0.3) is 5.65 Å². The monoisotopic (exact) mass is 380 g/mol. The van der Waals surface area contributed by atoms with Crippen LogP contribution in [0.4, 0.5) is 19.2 Å². The van der Waals surface area contributed by atoms with E-state index in [0.717, 1.165) is 31.6 Å². The van der Waals surface area contributed by atoms with Crippen molar-refractivity contribution in [2.24, 2.45) is 0 Å². The molecule has 0 N–H and O–H groups in total. The van der Waals surface area contributed by atoms with Gasteiger partial charge in [-0.1, -0.05) is 19.0 Å². The maximum absolute atomic E-state index is 13.1. The second-order valence-electron chi connectivity index (χ2n) is 7.08. The lowest BCUT2D eigenvalue weighted by Crippen LogP contribution is -2.35. The van der Waals surface area contributed by atoms with E-state index in [9.17, 15) is 13.2 Å². The summed E-state index contributed by atoms with van der Waals surface area (Å²) in [5.41, 5.74) is -0.322. The third kappa shape index (κ3) is 3.35. The van der Waals surface area contributed by atoms with Crippen LogP contribution in [-0.4, -0.2) is 37.8 Å². The summed E-state index contributed by atoms with van der Waals surface area (Å²) in [5.74, 6) is 1.23. The standard InChI is InChI=1S/C17H19F3N6O/c1-10(2)14-21-16(27-24-14)25-7-3-4-11(8-25)15-23-22-13-6-5-12(9-26(13)15)17(18,19)20/h5-6,9-11H,3-4,7-8H2,1-2H3. The minimum Gasteiger partial charge on any atom is -0.324 e. The minimum atomic E-state index is -4.41. The van der Waals surface area contributed by atoms with E-state index in [4.69, 9.17) is 4.52 Å². The van der Waals surface area contributed by atoms with Gasteiger partial charge in [0.05, 0.1) is 5.56 Å². The summed E-state index contributed by atoms with van der Waals surface area (Å²) in [6.07, 6.45) is -1.70. The lowest BCUT2D eigenvalue weighted by atomic mass is 9.97. The Labute approximate surface area is 153 Å². The molecule has 1 saturated heterocycles. The molecule has 0 bridgehead atoms. The molecule has 1 aliphatic heterocycles. The van der Waals surface area contributed by atoms with Gasteiger partial charge in [-0.05, 0) is 25.0 Å². The highest BCUT2D eigenvalue weighted by atomic mass is 19.4. The predicted octanol–water partition coefficient (Wildman–Crippen LogP) is 3.64. The SMILES string of the molecule is CC(C)c1noc(N2CCCC(c3nnc4ccc(C(F)(F)F)cn34)C2)n1. The van der Waals surface area contributed by atoms with Crippen LogP contribution < -0.4 is 4.90 Å². The molecular formula is C17H19F3N6O. The van der Waals surface area contributed by atoms with Crippen LogP contribution in [0.1, 0.15) is 55.7 Å². The van der Waals surface area contributed by atoms with Crippen molar-refractivity contribution >= 4 is 11.7 Å². The molecule has 4 heterocycles. The highest BCUT2D eigenvalue weighted by Crippen LogP contribution is 2.32. The Morgan fingerprint density at radius 3 is 2.74 bits per heavy atom. The third-order valence-corrected chi connectivity index (χ3v) is 4.76. The van der Waals surface area contributed by atoms with Crippen molar-refractivity contribution < 1.29 is 17.7 Å². The van der Waals surface area contributed by atoms with Crippen LogP contribution in [0, 0.1) is 0 Å². The molecule has 1 aliphatic rings. The van der Waals surface area contributed by atoms with Gasteiger partial charge in [-0.3, -0.25) is 4.40 Å². The smallest absolute Gasteiger partial charge is 0.324 e. The van der Waals surface area contributed by atoms with E-state index in [1.165, 1.54) is 10.5 Å². The first kappa shape index (κ1) is 17.7. The first-order valence-electron chi connectivity index (χ1n) is 8.83. The number of pyridine rings is 1. The van der Waals surface area contributed by atoms with Crippen molar-refractivity contribution in [3.05, 3.63) is 35.5 Å². The number of nitrogens with zero attached hydrogens (tertiary/aromatic N) is 6. The first-order valence-corrected chi connectivity index (χ1v) is 8.83. The Bertz CT molecular complexity index is 948. The molecule has 3 aromatic heterocycles. The van der Waals surface area contributed by atoms with E-state index in [0.29, 0.717) is 29.9 Å². The molecule has 0 spiro atoms. The fourth-order valence-electron chi connectivity index (χ4n) is 3.31. The summed E-state index contributed by atoms with van der Waals surface area (Å²) in [5, 5.41) is 12.2. The van der Waals surface area contributed by atoms with Crippen molar-refractivity contribution in [1.82, 2.24) is 24.7 Å². The van der Waals surface area contributed by atoms with E-state index >= 15 is 0 Å². The van der Waals surface area contributed by atoms with E-state index in [2.05, 4.69) is 20.3 Å². The van der Waals surface area contributed by atoms with Crippen molar-refractivity contribution in [1.29, 1.82) is 0 Å². The molecule has 144 valence electrons. The number of aromatic nitrogens is 5. The van der Waals surface area contributed by atoms with E-state index in [-0.39, 0.29) is 11.8 Å². The number of fused-ring (bicyclic) bond motifs is 1. The quantitative estimate of drug-likeness (QED) is 0.691. The lowest BCUT2D eigenvalue weighted by molar-refractivity contribution is -0.137. The third-order valence-electron chi connectivity index (χ3n) is 4.76. The molecule has 0 amide bonds. The van der Waals surface area contributed by atoms with Crippen molar-refractivity contribution in [2.75, 3.05) is 18.0 Å². The largest absolute Gasteiger partial charge is 0.417 e. The molecule has 0 radical (unpaired) electrons. The Morgan fingerprint density at radius 1 is 1.22 bits per heavy atom. The van der Waals surface area contributed by atoms with E-state index in [1.807, 2.05) is 18.7 Å². The molecule has 0 aromatic carbocycles. The topological polar surface area (TPSA) is 72.4 Å². The Kier molecular flexibility index (Phi) is 4.27. The summed E-state index contributed by atoms with van der Waals surface area (Å²) in [6, 6.07) is 2.80. The van der Waals surface area contributed by atoms with Gasteiger partial charge in [0.15, 0.2) is 11.5 Å². The van der Waals surface area contributed by atoms with Crippen molar-refractivity contribution in [3.8, 4) is 0 Å². The van der Waals surface area contributed by atoms with Gasteiger partial charge in [-0.25, -0.2) is 0 Å². The van der Waals surface area contributed by atoms with Gasteiger partial charge in [-0.2, -0.15) is 18.2 Å². The predicted molar refractivity (Wildman–Crippen MR) is 90.6 cm³/mol. The van der Waals surface area contributed by atoms with Gasteiger partial charge in [-0.15, -0.1) is 10.2 Å². The van der Waals surface area contributed by atoms with Crippen LogP contribution in [0.3, 0.4) is 0 Å². The van der Waals surface area contributed by atoms with Gasteiger partial charge in [0.2, 0.25) is 0 Å². The lowest BCUT2D eigenvalue weighted by Gasteiger charge is -2.30. The molecule has 4 rings (SSSR count). The second kappa shape index (κ2) is 6.50. The molecule has 7 nitrogen and oxygen atoms in total. The Hall–Kier alpha value is -2.65. The fourth-order valence-corrected chi connectivity index (χ4v) is 3.31. The molecular weight excluding hydrogens is 361 g/mol. The maximum Gasteiger partial charge on any atom is 0.417 e. The second-order valence-corrected chi connectivity index (χ2v) is 7.08. The number of hydrogen-bond donors (Lipinski definition) is 0. The maximum atomic E-state index is 13.1. The molecule has 27 heavy (non-hydrogen) atoms. The van der Waals surface area contributed by atoms with Gasteiger partial charge in [0, 0.05) is 31.1 Å². The summed E-state index contributed by atoms with van der Waals surface area (Å²) in [6.45, 7) is 5.25. The minimum absolute atomic E-state index is 0.0772. The summed E-state index contributed by atoms with van der Waals surface area (Å²) in [7, 11) is 0. The number of halogens is 3. The van der Waals surface area contributed by atoms with E-state index in [1.54, 1.807) is 0 Å². The average Bonchev–Trinajstić information content (AvgIpc) is 3.28. The van der Waals surface area contributed by atoms with Gasteiger partial charge in [0.1, 0.15) is 5.82 Å². The van der Waals surface area contributed by atoms with Gasteiger partial charge < -0.3 is 9.42 Å². The number of rotatable bonds is 3. The Balaban J connectivity index is 1.62. The summed E-state index contributed by atoms with van der Waals surface area (Å²) in [4.78, 5) is 6.37. The van der Waals surface area contributed by atoms with Crippen LogP contribution >= 0.6 is 0 Å². The van der Waals surface area contributed by atoms with Crippen LogP contribution in [-0.2, 0) is 6.18 Å². The normalized spacial score (nSPS) is 18.6.